The summed E-state index contributed by atoms with van der Waals surface area (Å²) in [5.74, 6) is 2.35. The molecular weight excluding hydrogens is 250 g/mol. The van der Waals surface area contributed by atoms with Crippen molar-refractivity contribution in [1.82, 2.24) is 5.32 Å². The Morgan fingerprint density at radius 3 is 2.95 bits per heavy atom. The minimum atomic E-state index is 0.548. The van der Waals surface area contributed by atoms with Crippen LogP contribution in [-0.4, -0.2) is 32.9 Å². The molecule has 0 amide bonds. The van der Waals surface area contributed by atoms with Crippen molar-refractivity contribution in [2.24, 2.45) is 5.92 Å². The van der Waals surface area contributed by atoms with Gasteiger partial charge in [-0.05, 0) is 56.2 Å². The number of hydrogen-bond donors (Lipinski definition) is 1. The molecule has 3 heteroatoms. The average molecular weight is 275 g/mol. The van der Waals surface area contributed by atoms with E-state index in [1.54, 1.807) is 0 Å². The zero-order chi connectivity index (χ0) is 13.8. The lowest BCUT2D eigenvalue weighted by Gasteiger charge is -2.34. The van der Waals surface area contributed by atoms with E-state index in [9.17, 15) is 0 Å². The van der Waals surface area contributed by atoms with Gasteiger partial charge < -0.3 is 14.8 Å². The van der Waals surface area contributed by atoms with Crippen LogP contribution >= 0.6 is 0 Å². The van der Waals surface area contributed by atoms with Gasteiger partial charge >= 0.3 is 0 Å². The van der Waals surface area contributed by atoms with Crippen molar-refractivity contribution in [3.63, 3.8) is 0 Å². The van der Waals surface area contributed by atoms with E-state index < -0.39 is 0 Å². The Hall–Kier alpha value is -1.06. The summed E-state index contributed by atoms with van der Waals surface area (Å²) in [6.07, 6.45) is 4.80. The molecule has 3 unspecified atom stereocenters. The van der Waals surface area contributed by atoms with Gasteiger partial charge in [-0.1, -0.05) is 18.2 Å². The predicted molar refractivity (Wildman–Crippen MR) is 80.3 cm³/mol. The van der Waals surface area contributed by atoms with Gasteiger partial charge in [-0.3, -0.25) is 0 Å². The molecule has 0 radical (unpaired) electrons. The van der Waals surface area contributed by atoms with Crippen molar-refractivity contribution in [2.45, 2.75) is 37.6 Å². The lowest BCUT2D eigenvalue weighted by Crippen LogP contribution is -2.39. The second-order valence-electron chi connectivity index (χ2n) is 5.98. The SMILES string of the molecule is CNC(CC1CCOc2ccccc21)C1CCCOC1. The topological polar surface area (TPSA) is 30.5 Å². The molecule has 0 saturated carbocycles. The Balaban J connectivity index is 1.70. The van der Waals surface area contributed by atoms with Crippen LogP contribution in [0.5, 0.6) is 5.75 Å². The first-order valence-corrected chi connectivity index (χ1v) is 7.85. The summed E-state index contributed by atoms with van der Waals surface area (Å²) < 4.78 is 11.4. The molecule has 0 aliphatic carbocycles. The van der Waals surface area contributed by atoms with E-state index in [4.69, 9.17) is 9.47 Å². The minimum absolute atomic E-state index is 0.548. The number of hydrogen-bond acceptors (Lipinski definition) is 3. The van der Waals surface area contributed by atoms with Gasteiger partial charge in [0, 0.05) is 12.6 Å². The maximum Gasteiger partial charge on any atom is 0.122 e. The zero-order valence-electron chi connectivity index (χ0n) is 12.3. The first-order valence-electron chi connectivity index (χ1n) is 7.85. The predicted octanol–water partition coefficient (Wildman–Crippen LogP) is 2.96. The summed E-state index contributed by atoms with van der Waals surface area (Å²) in [5.41, 5.74) is 1.38. The van der Waals surface area contributed by atoms with Crippen LogP contribution in [0.2, 0.25) is 0 Å². The summed E-state index contributed by atoms with van der Waals surface area (Å²) in [6.45, 7) is 2.70. The van der Waals surface area contributed by atoms with Crippen LogP contribution in [0.3, 0.4) is 0 Å². The molecule has 2 aliphatic rings. The van der Waals surface area contributed by atoms with Crippen molar-refractivity contribution < 1.29 is 9.47 Å². The lowest BCUT2D eigenvalue weighted by molar-refractivity contribution is 0.0373. The monoisotopic (exact) mass is 275 g/mol. The molecule has 2 heterocycles. The van der Waals surface area contributed by atoms with Crippen LogP contribution < -0.4 is 10.1 Å². The number of ether oxygens (including phenoxy) is 2. The van der Waals surface area contributed by atoms with Crippen LogP contribution in [0.15, 0.2) is 24.3 Å². The molecule has 1 fully saturated rings. The molecule has 0 bridgehead atoms. The van der Waals surface area contributed by atoms with Gasteiger partial charge in [-0.2, -0.15) is 0 Å². The summed E-state index contributed by atoms with van der Waals surface area (Å²) in [5, 5.41) is 3.53. The normalized spacial score (nSPS) is 27.4. The number of rotatable bonds is 4. The van der Waals surface area contributed by atoms with Gasteiger partial charge in [0.2, 0.25) is 0 Å². The molecule has 110 valence electrons. The van der Waals surface area contributed by atoms with E-state index in [2.05, 4.69) is 36.6 Å². The third kappa shape index (κ3) is 2.99. The Kier molecular flexibility index (Phi) is 4.58. The van der Waals surface area contributed by atoms with Crippen molar-refractivity contribution in [3.05, 3.63) is 29.8 Å². The van der Waals surface area contributed by atoms with E-state index in [1.807, 2.05) is 0 Å². The lowest BCUT2D eigenvalue weighted by atomic mass is 9.82. The van der Waals surface area contributed by atoms with E-state index in [1.165, 1.54) is 24.8 Å². The van der Waals surface area contributed by atoms with Gasteiger partial charge in [-0.15, -0.1) is 0 Å². The van der Waals surface area contributed by atoms with Crippen LogP contribution in [0.4, 0.5) is 0 Å². The van der Waals surface area contributed by atoms with Gasteiger partial charge in [0.25, 0.3) is 0 Å². The molecule has 1 N–H and O–H groups in total. The molecule has 1 saturated heterocycles. The largest absolute Gasteiger partial charge is 0.493 e. The smallest absolute Gasteiger partial charge is 0.122 e. The molecule has 2 aliphatic heterocycles. The maximum atomic E-state index is 5.77. The Morgan fingerprint density at radius 2 is 2.15 bits per heavy atom. The van der Waals surface area contributed by atoms with E-state index in [0.717, 1.165) is 32.0 Å². The van der Waals surface area contributed by atoms with Crippen molar-refractivity contribution in [3.8, 4) is 5.75 Å². The molecule has 20 heavy (non-hydrogen) atoms. The summed E-state index contributed by atoms with van der Waals surface area (Å²) in [4.78, 5) is 0. The van der Waals surface area contributed by atoms with Gasteiger partial charge in [0.1, 0.15) is 5.75 Å². The number of fused-ring (bicyclic) bond motifs is 1. The second-order valence-corrected chi connectivity index (χ2v) is 5.98. The fourth-order valence-corrected chi connectivity index (χ4v) is 3.60. The highest BCUT2D eigenvalue weighted by molar-refractivity contribution is 5.37. The Morgan fingerprint density at radius 1 is 1.25 bits per heavy atom. The number of nitrogens with one attached hydrogen (secondary N) is 1. The Labute approximate surface area is 121 Å². The first kappa shape index (κ1) is 13.9. The van der Waals surface area contributed by atoms with Crippen LogP contribution in [0.1, 0.15) is 37.2 Å². The third-order valence-corrected chi connectivity index (χ3v) is 4.76. The molecule has 3 atom stereocenters. The molecule has 0 aromatic heterocycles. The fraction of sp³-hybridized carbons (Fsp3) is 0.647. The van der Waals surface area contributed by atoms with Crippen LogP contribution in [-0.2, 0) is 4.74 Å². The molecule has 1 aromatic rings. The highest BCUT2D eigenvalue weighted by Gasteiger charge is 2.29. The van der Waals surface area contributed by atoms with Crippen LogP contribution in [0, 0.1) is 5.92 Å². The average Bonchev–Trinajstić information content (AvgIpc) is 2.53. The summed E-state index contributed by atoms with van der Waals surface area (Å²) in [6, 6.07) is 9.05. The molecule has 3 rings (SSSR count). The number of benzene rings is 1. The maximum absolute atomic E-state index is 5.77. The van der Waals surface area contributed by atoms with Crippen molar-refractivity contribution >= 4 is 0 Å². The molecule has 1 aromatic carbocycles. The molecular formula is C17H25NO2. The Bertz CT molecular complexity index is 429. The van der Waals surface area contributed by atoms with E-state index >= 15 is 0 Å². The highest BCUT2D eigenvalue weighted by atomic mass is 16.5. The zero-order valence-corrected chi connectivity index (χ0v) is 12.3. The third-order valence-electron chi connectivity index (χ3n) is 4.76. The van der Waals surface area contributed by atoms with Gasteiger partial charge in [0.05, 0.1) is 13.2 Å². The first-order chi connectivity index (χ1) is 9.88. The minimum Gasteiger partial charge on any atom is -0.493 e. The van der Waals surface area contributed by atoms with Crippen LogP contribution in [0.25, 0.3) is 0 Å². The summed E-state index contributed by atoms with van der Waals surface area (Å²) >= 11 is 0. The standard InChI is InChI=1S/C17H25NO2/c1-18-16(14-5-4-9-19-12-14)11-13-8-10-20-17-7-3-2-6-15(13)17/h2-3,6-7,13-14,16,18H,4-5,8-12H2,1H3. The van der Waals surface area contributed by atoms with Gasteiger partial charge in [0.15, 0.2) is 0 Å². The van der Waals surface area contributed by atoms with Gasteiger partial charge in [-0.25, -0.2) is 0 Å². The summed E-state index contributed by atoms with van der Waals surface area (Å²) in [7, 11) is 2.09. The fourth-order valence-electron chi connectivity index (χ4n) is 3.60. The molecule has 3 nitrogen and oxygen atoms in total. The quantitative estimate of drug-likeness (QED) is 0.916. The highest BCUT2D eigenvalue weighted by Crippen LogP contribution is 2.37. The van der Waals surface area contributed by atoms with Crippen molar-refractivity contribution in [2.75, 3.05) is 26.9 Å². The van der Waals surface area contributed by atoms with E-state index in [0.29, 0.717) is 17.9 Å². The molecule has 0 spiro atoms. The van der Waals surface area contributed by atoms with Crippen molar-refractivity contribution in [1.29, 1.82) is 0 Å². The number of para-hydroxylation sites is 1. The second kappa shape index (κ2) is 6.59. The van der Waals surface area contributed by atoms with E-state index in [-0.39, 0.29) is 0 Å².